The maximum Gasteiger partial charge on any atom is 0.339 e. The number of carboxylic acids is 2. The summed E-state index contributed by atoms with van der Waals surface area (Å²) in [6, 6.07) is 19.0. The highest BCUT2D eigenvalue weighted by molar-refractivity contribution is 6.04. The van der Waals surface area contributed by atoms with Crippen molar-refractivity contribution in [1.29, 1.82) is 0 Å². The maximum absolute atomic E-state index is 12.4. The molecular formula is C56H82O12. The highest BCUT2D eigenvalue weighted by Gasteiger charge is 2.20. The van der Waals surface area contributed by atoms with Gasteiger partial charge in [0.15, 0.2) is 0 Å². The van der Waals surface area contributed by atoms with Gasteiger partial charge >= 0.3 is 35.8 Å². The van der Waals surface area contributed by atoms with Crippen LogP contribution in [0.3, 0.4) is 0 Å². The van der Waals surface area contributed by atoms with Gasteiger partial charge in [0.05, 0.1) is 59.8 Å². The zero-order valence-electron chi connectivity index (χ0n) is 41.7. The number of hydrogen-bond acceptors (Lipinski definition) is 10. The van der Waals surface area contributed by atoms with Crippen LogP contribution in [0.2, 0.25) is 0 Å². The molecule has 0 atom stereocenters. The number of aromatic carboxylic acids is 2. The molecule has 0 radical (unpaired) electrons. The van der Waals surface area contributed by atoms with Crippen LogP contribution in [0.5, 0.6) is 0 Å². The minimum atomic E-state index is -1.23. The average Bonchev–Trinajstić information content (AvgIpc) is 3.35. The number of esters is 4. The van der Waals surface area contributed by atoms with Crippen LogP contribution < -0.4 is 0 Å². The molecular weight excluding hydrogens is 865 g/mol. The van der Waals surface area contributed by atoms with Gasteiger partial charge in [-0.15, -0.1) is 0 Å². The van der Waals surface area contributed by atoms with Gasteiger partial charge in [0, 0.05) is 0 Å². The third-order valence-electron chi connectivity index (χ3n) is 11.0. The van der Waals surface area contributed by atoms with E-state index < -0.39 is 35.8 Å². The Balaban J connectivity index is 0.000000549. The Morgan fingerprint density at radius 1 is 0.294 bits per heavy atom. The Bertz CT molecular complexity index is 1620. The van der Waals surface area contributed by atoms with Crippen molar-refractivity contribution in [3.8, 4) is 0 Å². The fraction of sp³-hybridized carbons (Fsp3) is 0.571. The van der Waals surface area contributed by atoms with Gasteiger partial charge in [-0.2, -0.15) is 0 Å². The van der Waals surface area contributed by atoms with Gasteiger partial charge in [0.25, 0.3) is 0 Å². The van der Waals surface area contributed by atoms with E-state index in [9.17, 15) is 28.8 Å². The summed E-state index contributed by atoms with van der Waals surface area (Å²) in [5, 5.41) is 17.1. The molecule has 0 aliphatic rings. The molecule has 0 aliphatic heterocycles. The van der Waals surface area contributed by atoms with E-state index >= 15 is 0 Å². The Labute approximate surface area is 406 Å². The van der Waals surface area contributed by atoms with Crippen LogP contribution in [-0.2, 0) is 18.9 Å². The monoisotopic (exact) mass is 947 g/mol. The number of hydrogen-bond donors (Lipinski definition) is 2. The van der Waals surface area contributed by atoms with Crippen molar-refractivity contribution in [1.82, 2.24) is 0 Å². The SMILES string of the molecule is CCCCCCCCOC(=O)c1ccccc1C(=O)OCCCCCCCC.CCCCCCCCOC(=O)c1ccccc1C(=O)OCCCCCCCC.O=C(O)c1ccccc1C(=O)O. The van der Waals surface area contributed by atoms with Gasteiger partial charge in [0.2, 0.25) is 0 Å². The van der Waals surface area contributed by atoms with Crippen LogP contribution in [0.15, 0.2) is 72.8 Å². The van der Waals surface area contributed by atoms with E-state index in [2.05, 4.69) is 27.7 Å². The predicted octanol–water partition coefficient (Wildman–Crippen LogP) is 14.5. The van der Waals surface area contributed by atoms with E-state index in [0.717, 1.165) is 51.4 Å². The third-order valence-corrected chi connectivity index (χ3v) is 11.0. The van der Waals surface area contributed by atoms with Crippen molar-refractivity contribution >= 4 is 35.8 Å². The minimum Gasteiger partial charge on any atom is -0.478 e. The van der Waals surface area contributed by atoms with E-state index in [-0.39, 0.29) is 11.1 Å². The van der Waals surface area contributed by atoms with Crippen LogP contribution in [0, 0.1) is 0 Å². The zero-order chi connectivity index (χ0) is 50.0. The summed E-state index contributed by atoms with van der Waals surface area (Å²) in [5.74, 6) is -4.23. The molecule has 68 heavy (non-hydrogen) atoms. The summed E-state index contributed by atoms with van der Waals surface area (Å²) in [6.45, 7) is 10.3. The lowest BCUT2D eigenvalue weighted by molar-refractivity contribution is 0.0450. The van der Waals surface area contributed by atoms with Gasteiger partial charge in [-0.25, -0.2) is 28.8 Å². The average molecular weight is 947 g/mol. The zero-order valence-corrected chi connectivity index (χ0v) is 41.7. The number of carbonyl (C=O) groups excluding carboxylic acids is 4. The van der Waals surface area contributed by atoms with E-state index in [1.165, 1.54) is 127 Å². The quantitative estimate of drug-likeness (QED) is 0.0329. The van der Waals surface area contributed by atoms with Crippen LogP contribution >= 0.6 is 0 Å². The molecule has 0 spiro atoms. The van der Waals surface area contributed by atoms with Crippen LogP contribution in [0.25, 0.3) is 0 Å². The summed E-state index contributed by atoms with van der Waals surface area (Å²) in [4.78, 5) is 70.3. The van der Waals surface area contributed by atoms with Gasteiger partial charge in [-0.05, 0) is 62.1 Å². The first-order valence-corrected chi connectivity index (χ1v) is 25.5. The van der Waals surface area contributed by atoms with E-state index in [1.807, 2.05) is 0 Å². The number of benzene rings is 3. The van der Waals surface area contributed by atoms with Crippen molar-refractivity contribution in [3.05, 3.63) is 106 Å². The summed E-state index contributed by atoms with van der Waals surface area (Å²) in [5.41, 5.74) is 0.792. The second kappa shape index (κ2) is 40.5. The first kappa shape index (κ1) is 60.5. The first-order chi connectivity index (χ1) is 33.0. The molecule has 0 aromatic heterocycles. The Hall–Kier alpha value is -5.52. The summed E-state index contributed by atoms with van der Waals surface area (Å²) >= 11 is 0. The first-order valence-electron chi connectivity index (χ1n) is 25.5. The summed E-state index contributed by atoms with van der Waals surface area (Å²) in [7, 11) is 0. The van der Waals surface area contributed by atoms with E-state index in [1.54, 1.807) is 48.5 Å². The highest BCUT2D eigenvalue weighted by atomic mass is 16.5. The fourth-order valence-electron chi connectivity index (χ4n) is 7.03. The lowest BCUT2D eigenvalue weighted by atomic mass is 10.1. The van der Waals surface area contributed by atoms with Gasteiger partial charge < -0.3 is 29.2 Å². The largest absolute Gasteiger partial charge is 0.478 e. The predicted molar refractivity (Wildman–Crippen MR) is 268 cm³/mol. The number of carboxylic acid groups (broad SMARTS) is 2. The number of unbranched alkanes of at least 4 members (excludes halogenated alkanes) is 20. The van der Waals surface area contributed by atoms with Crippen LogP contribution in [0.4, 0.5) is 0 Å². The molecule has 0 heterocycles. The maximum atomic E-state index is 12.4. The fourth-order valence-corrected chi connectivity index (χ4v) is 7.03. The van der Waals surface area contributed by atoms with Crippen molar-refractivity contribution in [2.75, 3.05) is 26.4 Å². The molecule has 2 N–H and O–H groups in total. The molecule has 0 bridgehead atoms. The van der Waals surface area contributed by atoms with Crippen molar-refractivity contribution in [2.24, 2.45) is 0 Å². The third kappa shape index (κ3) is 28.0. The van der Waals surface area contributed by atoms with Crippen LogP contribution in [0.1, 0.15) is 244 Å². The molecule has 3 aromatic rings. The molecule has 12 heteroatoms. The molecule has 0 saturated carbocycles. The molecule has 378 valence electrons. The van der Waals surface area contributed by atoms with Crippen molar-refractivity contribution in [3.63, 3.8) is 0 Å². The van der Waals surface area contributed by atoms with Gasteiger partial charge in [-0.1, -0.05) is 193 Å². The smallest absolute Gasteiger partial charge is 0.339 e. The summed E-state index contributed by atoms with van der Waals surface area (Å²) < 4.78 is 21.4. The second-order valence-electron chi connectivity index (χ2n) is 16.9. The van der Waals surface area contributed by atoms with Gasteiger partial charge in [-0.3, -0.25) is 0 Å². The lowest BCUT2D eigenvalue weighted by Gasteiger charge is -2.10. The molecule has 3 aromatic carbocycles. The molecule has 0 aliphatic carbocycles. The van der Waals surface area contributed by atoms with E-state index in [4.69, 9.17) is 29.2 Å². The van der Waals surface area contributed by atoms with Gasteiger partial charge in [0.1, 0.15) is 0 Å². The minimum absolute atomic E-state index is 0.190. The van der Waals surface area contributed by atoms with Crippen LogP contribution in [-0.4, -0.2) is 72.5 Å². The molecule has 0 fully saturated rings. The standard InChI is InChI=1S/2C24H38O4.C8H6O4/c2*1-3-5-7-9-11-15-19-27-23(25)21-17-13-14-18-22(21)24(26)28-20-16-12-10-8-6-4-2;9-7(10)5-3-1-2-4-6(5)8(11)12/h2*13-14,17-18H,3-12,15-16,19-20H2,1-2H3;1-4H,(H,9,10)(H,11,12). The number of ether oxygens (including phenoxy) is 4. The Morgan fingerprint density at radius 3 is 0.662 bits per heavy atom. The molecule has 0 unspecified atom stereocenters. The molecule has 12 nitrogen and oxygen atoms in total. The van der Waals surface area contributed by atoms with Crippen molar-refractivity contribution < 1.29 is 57.9 Å². The topological polar surface area (TPSA) is 180 Å². The molecule has 3 rings (SSSR count). The highest BCUT2D eigenvalue weighted by Crippen LogP contribution is 2.16. The summed E-state index contributed by atoms with van der Waals surface area (Å²) in [6.07, 6.45) is 27.3. The number of carbonyl (C=O) groups is 6. The van der Waals surface area contributed by atoms with Crippen molar-refractivity contribution in [2.45, 2.75) is 182 Å². The molecule has 0 amide bonds. The normalized spacial score (nSPS) is 10.4. The molecule has 0 saturated heterocycles. The Morgan fingerprint density at radius 2 is 0.471 bits per heavy atom. The van der Waals surface area contributed by atoms with E-state index in [0.29, 0.717) is 48.7 Å². The lowest BCUT2D eigenvalue weighted by Crippen LogP contribution is -2.15. The number of rotatable bonds is 34. The Kier molecular flexibility index (Phi) is 36.1. The second-order valence-corrected chi connectivity index (χ2v) is 16.9.